The standard InChI is InChI=1S/C18H16N2O5/c1-10-15-13(17(21)16(19-10)18(22)24-3)8-9-14(20-15)25-12-6-4-11(23-2)5-7-12/h4-9,21H,1-3H3. The lowest BCUT2D eigenvalue weighted by atomic mass is 10.1. The van der Waals surface area contributed by atoms with Crippen molar-refractivity contribution in [2.75, 3.05) is 14.2 Å². The largest absolute Gasteiger partial charge is 0.505 e. The highest BCUT2D eigenvalue weighted by molar-refractivity contribution is 5.98. The third kappa shape index (κ3) is 3.16. The average molecular weight is 340 g/mol. The Labute approximate surface area is 143 Å². The minimum Gasteiger partial charge on any atom is -0.505 e. The molecule has 0 unspecified atom stereocenters. The number of rotatable bonds is 4. The van der Waals surface area contributed by atoms with E-state index in [-0.39, 0.29) is 11.4 Å². The molecule has 7 heteroatoms. The number of aromatic hydroxyl groups is 1. The second kappa shape index (κ2) is 6.64. The summed E-state index contributed by atoms with van der Waals surface area (Å²) < 4.78 is 15.4. The Morgan fingerprint density at radius 2 is 1.68 bits per heavy atom. The van der Waals surface area contributed by atoms with Crippen LogP contribution in [0.5, 0.6) is 23.1 Å². The van der Waals surface area contributed by atoms with Gasteiger partial charge in [-0.1, -0.05) is 0 Å². The first-order valence-corrected chi connectivity index (χ1v) is 7.44. The number of fused-ring (bicyclic) bond motifs is 1. The molecular weight excluding hydrogens is 324 g/mol. The number of hydrogen-bond acceptors (Lipinski definition) is 7. The summed E-state index contributed by atoms with van der Waals surface area (Å²) in [6.07, 6.45) is 0. The second-order valence-electron chi connectivity index (χ2n) is 5.21. The summed E-state index contributed by atoms with van der Waals surface area (Å²) in [5.74, 6) is 0.678. The summed E-state index contributed by atoms with van der Waals surface area (Å²) in [6, 6.07) is 10.3. The Morgan fingerprint density at radius 3 is 2.32 bits per heavy atom. The molecule has 0 aliphatic rings. The fraction of sp³-hybridized carbons (Fsp3) is 0.167. The summed E-state index contributed by atoms with van der Waals surface area (Å²) in [6.45, 7) is 1.69. The topological polar surface area (TPSA) is 90.8 Å². The highest BCUT2D eigenvalue weighted by Crippen LogP contribution is 2.31. The number of carbonyl (C=O) groups is 1. The van der Waals surface area contributed by atoms with Crippen molar-refractivity contribution in [1.82, 2.24) is 9.97 Å². The van der Waals surface area contributed by atoms with Gasteiger partial charge >= 0.3 is 5.97 Å². The zero-order valence-corrected chi connectivity index (χ0v) is 13.9. The van der Waals surface area contributed by atoms with Crippen LogP contribution in [0.2, 0.25) is 0 Å². The van der Waals surface area contributed by atoms with Crippen molar-refractivity contribution in [3.63, 3.8) is 0 Å². The maximum atomic E-state index is 11.7. The van der Waals surface area contributed by atoms with Gasteiger partial charge in [-0.2, -0.15) is 0 Å². The molecule has 3 aromatic rings. The molecule has 0 saturated carbocycles. The van der Waals surface area contributed by atoms with Crippen molar-refractivity contribution < 1.29 is 24.1 Å². The molecule has 2 aromatic heterocycles. The summed E-state index contributed by atoms with van der Waals surface area (Å²) in [4.78, 5) is 20.1. The lowest BCUT2D eigenvalue weighted by Gasteiger charge is -2.10. The number of carbonyl (C=O) groups excluding carboxylic acids is 1. The van der Waals surface area contributed by atoms with Crippen molar-refractivity contribution in [3.05, 3.63) is 47.8 Å². The molecule has 0 bridgehead atoms. The maximum Gasteiger partial charge on any atom is 0.360 e. The van der Waals surface area contributed by atoms with Crippen LogP contribution in [-0.2, 0) is 4.74 Å². The molecule has 1 N–H and O–H groups in total. The lowest BCUT2D eigenvalue weighted by molar-refractivity contribution is 0.0590. The van der Waals surface area contributed by atoms with Gasteiger partial charge in [-0.05, 0) is 37.3 Å². The van der Waals surface area contributed by atoms with E-state index >= 15 is 0 Å². The first-order chi connectivity index (χ1) is 12.0. The van der Waals surface area contributed by atoms with Crippen LogP contribution in [0.4, 0.5) is 0 Å². The van der Waals surface area contributed by atoms with Gasteiger partial charge in [-0.15, -0.1) is 0 Å². The first kappa shape index (κ1) is 16.5. The van der Waals surface area contributed by atoms with E-state index in [9.17, 15) is 9.90 Å². The van der Waals surface area contributed by atoms with Crippen molar-refractivity contribution in [2.24, 2.45) is 0 Å². The van der Waals surface area contributed by atoms with E-state index in [2.05, 4.69) is 14.7 Å². The smallest absolute Gasteiger partial charge is 0.360 e. The lowest BCUT2D eigenvalue weighted by Crippen LogP contribution is -2.07. The highest BCUT2D eigenvalue weighted by Gasteiger charge is 2.19. The van der Waals surface area contributed by atoms with Gasteiger partial charge < -0.3 is 19.3 Å². The van der Waals surface area contributed by atoms with Crippen molar-refractivity contribution in [3.8, 4) is 23.1 Å². The third-order valence-electron chi connectivity index (χ3n) is 3.63. The number of esters is 1. The van der Waals surface area contributed by atoms with E-state index in [0.717, 1.165) is 5.75 Å². The fourth-order valence-corrected chi connectivity index (χ4v) is 2.37. The molecule has 128 valence electrons. The van der Waals surface area contributed by atoms with E-state index in [4.69, 9.17) is 9.47 Å². The molecule has 3 rings (SSSR count). The van der Waals surface area contributed by atoms with Crippen molar-refractivity contribution in [1.29, 1.82) is 0 Å². The molecule has 0 aliphatic carbocycles. The molecule has 0 radical (unpaired) electrons. The third-order valence-corrected chi connectivity index (χ3v) is 3.63. The predicted molar refractivity (Wildman–Crippen MR) is 90.3 cm³/mol. The monoisotopic (exact) mass is 340 g/mol. The minimum absolute atomic E-state index is 0.141. The number of methoxy groups -OCH3 is 2. The second-order valence-corrected chi connectivity index (χ2v) is 5.21. The summed E-state index contributed by atoms with van der Waals surface area (Å²) in [5, 5.41) is 10.7. The molecular formula is C18H16N2O5. The molecule has 7 nitrogen and oxygen atoms in total. The predicted octanol–water partition coefficient (Wildman–Crippen LogP) is 3.23. The van der Waals surface area contributed by atoms with E-state index in [1.54, 1.807) is 50.4 Å². The Hall–Kier alpha value is -3.35. The van der Waals surface area contributed by atoms with Crippen molar-refractivity contribution >= 4 is 16.9 Å². The number of nitrogens with zero attached hydrogens (tertiary/aromatic N) is 2. The zero-order chi connectivity index (χ0) is 18.0. The number of aromatic nitrogens is 2. The maximum absolute atomic E-state index is 11.7. The summed E-state index contributed by atoms with van der Waals surface area (Å²) in [5.41, 5.74) is 0.780. The van der Waals surface area contributed by atoms with E-state index < -0.39 is 5.97 Å². The number of pyridine rings is 2. The van der Waals surface area contributed by atoms with E-state index in [1.807, 2.05) is 0 Å². The van der Waals surface area contributed by atoms with Crippen LogP contribution < -0.4 is 9.47 Å². The van der Waals surface area contributed by atoms with Crippen LogP contribution >= 0.6 is 0 Å². The Balaban J connectivity index is 1.99. The van der Waals surface area contributed by atoms with Gasteiger partial charge in [0.1, 0.15) is 11.5 Å². The molecule has 1 aromatic carbocycles. The number of hydrogen-bond donors (Lipinski definition) is 1. The van der Waals surface area contributed by atoms with Crippen LogP contribution in [-0.4, -0.2) is 35.3 Å². The SMILES string of the molecule is COC(=O)c1nc(C)c2nc(Oc3ccc(OC)cc3)ccc2c1O. The van der Waals surface area contributed by atoms with Gasteiger partial charge in [-0.3, -0.25) is 0 Å². The first-order valence-electron chi connectivity index (χ1n) is 7.44. The Kier molecular flexibility index (Phi) is 4.38. The quantitative estimate of drug-likeness (QED) is 0.729. The molecule has 0 saturated heterocycles. The van der Waals surface area contributed by atoms with Crippen LogP contribution in [0, 0.1) is 6.92 Å². The molecule has 0 aliphatic heterocycles. The number of aryl methyl sites for hydroxylation is 1. The van der Waals surface area contributed by atoms with E-state index in [1.165, 1.54) is 7.11 Å². The van der Waals surface area contributed by atoms with Crippen LogP contribution in [0.1, 0.15) is 16.2 Å². The Bertz CT molecular complexity index is 938. The van der Waals surface area contributed by atoms with Gasteiger partial charge in [0.25, 0.3) is 0 Å². The molecule has 0 fully saturated rings. The normalized spacial score (nSPS) is 10.5. The van der Waals surface area contributed by atoms with Crippen LogP contribution in [0.3, 0.4) is 0 Å². The molecule has 0 atom stereocenters. The molecule has 25 heavy (non-hydrogen) atoms. The van der Waals surface area contributed by atoms with Gasteiger partial charge in [0.15, 0.2) is 11.4 Å². The van der Waals surface area contributed by atoms with Crippen LogP contribution in [0.15, 0.2) is 36.4 Å². The fourth-order valence-electron chi connectivity index (χ4n) is 2.37. The van der Waals surface area contributed by atoms with E-state index in [0.29, 0.717) is 28.2 Å². The van der Waals surface area contributed by atoms with Crippen molar-refractivity contribution in [2.45, 2.75) is 6.92 Å². The van der Waals surface area contributed by atoms with Gasteiger partial charge in [0, 0.05) is 11.5 Å². The van der Waals surface area contributed by atoms with Gasteiger partial charge in [0.05, 0.1) is 25.4 Å². The average Bonchev–Trinajstić information content (AvgIpc) is 2.64. The minimum atomic E-state index is -0.707. The molecule has 2 heterocycles. The highest BCUT2D eigenvalue weighted by atomic mass is 16.5. The zero-order valence-electron chi connectivity index (χ0n) is 13.9. The molecule has 0 spiro atoms. The summed E-state index contributed by atoms with van der Waals surface area (Å²) in [7, 11) is 2.82. The van der Waals surface area contributed by atoms with Gasteiger partial charge in [-0.25, -0.2) is 14.8 Å². The summed E-state index contributed by atoms with van der Waals surface area (Å²) >= 11 is 0. The Morgan fingerprint density at radius 1 is 1.00 bits per heavy atom. The number of ether oxygens (including phenoxy) is 3. The van der Waals surface area contributed by atoms with Crippen LogP contribution in [0.25, 0.3) is 10.9 Å². The number of benzene rings is 1. The van der Waals surface area contributed by atoms with Gasteiger partial charge in [0.2, 0.25) is 5.88 Å². The molecule has 0 amide bonds.